The van der Waals surface area contributed by atoms with Crippen molar-refractivity contribution in [3.63, 3.8) is 0 Å². The topological polar surface area (TPSA) is 32.3 Å². The lowest BCUT2D eigenvalue weighted by Gasteiger charge is -2.21. The van der Waals surface area contributed by atoms with Gasteiger partial charge in [0.1, 0.15) is 0 Å². The van der Waals surface area contributed by atoms with Gasteiger partial charge in [-0.05, 0) is 30.3 Å². The van der Waals surface area contributed by atoms with Gasteiger partial charge in [0, 0.05) is 6.54 Å². The molecule has 2 aromatic rings. The van der Waals surface area contributed by atoms with Crippen LogP contribution >= 0.6 is 0 Å². The Labute approximate surface area is 158 Å². The van der Waals surface area contributed by atoms with Crippen molar-refractivity contribution in [1.82, 2.24) is 4.90 Å². The number of anilines is 1. The molecule has 2 aromatic carbocycles. The number of carbonyl (C=O) groups is 1. The van der Waals surface area contributed by atoms with E-state index in [0.717, 1.165) is 24.3 Å². The third kappa shape index (κ3) is 5.98. The fourth-order valence-corrected chi connectivity index (χ4v) is 2.62. The minimum absolute atomic E-state index is 0.0504. The van der Waals surface area contributed by atoms with Crippen LogP contribution < -0.4 is 5.32 Å². The van der Waals surface area contributed by atoms with Gasteiger partial charge in [-0.1, -0.05) is 37.3 Å². The predicted octanol–water partition coefficient (Wildman–Crippen LogP) is 5.18. The maximum Gasteiger partial charge on any atom is 0.418 e. The van der Waals surface area contributed by atoms with E-state index >= 15 is 0 Å². The summed E-state index contributed by atoms with van der Waals surface area (Å²) in [6.45, 7) is 1.81. The number of nitrogens with zero attached hydrogens (tertiary/aromatic N) is 1. The smallest absolute Gasteiger partial charge is 0.324 e. The molecule has 1 amide bonds. The van der Waals surface area contributed by atoms with Crippen LogP contribution in [0.2, 0.25) is 0 Å². The molecule has 0 unspecified atom stereocenters. The van der Waals surface area contributed by atoms with E-state index in [2.05, 4.69) is 5.32 Å². The number of carbonyl (C=O) groups excluding carboxylic acids is 1. The van der Waals surface area contributed by atoms with Crippen molar-refractivity contribution in [2.75, 3.05) is 18.4 Å². The number of likely N-dealkylation sites (N-methyl/N-ethyl adjacent to an activating group) is 1. The third-order valence-electron chi connectivity index (χ3n) is 3.98. The standard InChI is InChI=1S/C19H18F6N2O/c1-2-27(11-13-6-5-7-14(10-13)18(20,21)22)12-17(28)26-16-9-4-3-8-15(16)19(23,24)25/h3-10H,2,11-12H2,1H3,(H,26,28). The van der Waals surface area contributed by atoms with Crippen LogP contribution in [0, 0.1) is 0 Å². The molecule has 1 N–H and O–H groups in total. The number of para-hydroxylation sites is 1. The largest absolute Gasteiger partial charge is 0.418 e. The Balaban J connectivity index is 2.07. The molecule has 0 radical (unpaired) electrons. The summed E-state index contributed by atoms with van der Waals surface area (Å²) < 4.78 is 77.4. The first-order chi connectivity index (χ1) is 13.0. The average Bonchev–Trinajstić information content (AvgIpc) is 2.60. The van der Waals surface area contributed by atoms with Gasteiger partial charge >= 0.3 is 12.4 Å². The van der Waals surface area contributed by atoms with E-state index < -0.39 is 29.4 Å². The maximum atomic E-state index is 13.0. The van der Waals surface area contributed by atoms with Crippen molar-refractivity contribution in [1.29, 1.82) is 0 Å². The number of rotatable bonds is 6. The molecule has 28 heavy (non-hydrogen) atoms. The van der Waals surface area contributed by atoms with Gasteiger partial charge in [0.05, 0.1) is 23.4 Å². The molecule has 0 aliphatic carbocycles. The number of alkyl halides is 6. The molecule has 0 aliphatic heterocycles. The minimum atomic E-state index is -4.62. The second kappa shape index (κ2) is 8.64. The summed E-state index contributed by atoms with van der Waals surface area (Å²) in [5.74, 6) is -0.689. The van der Waals surface area contributed by atoms with Crippen molar-refractivity contribution in [3.8, 4) is 0 Å². The van der Waals surface area contributed by atoms with E-state index in [9.17, 15) is 31.1 Å². The molecule has 0 bridgehead atoms. The lowest BCUT2D eigenvalue weighted by molar-refractivity contribution is -0.138. The molecule has 3 nitrogen and oxygen atoms in total. The van der Waals surface area contributed by atoms with Gasteiger partial charge in [-0.2, -0.15) is 26.3 Å². The zero-order chi connectivity index (χ0) is 20.9. The Morgan fingerprint density at radius 2 is 1.64 bits per heavy atom. The third-order valence-corrected chi connectivity index (χ3v) is 3.98. The van der Waals surface area contributed by atoms with Gasteiger partial charge in [-0.15, -0.1) is 0 Å². The van der Waals surface area contributed by atoms with Crippen LogP contribution in [0.3, 0.4) is 0 Å². The number of hydrogen-bond acceptors (Lipinski definition) is 2. The van der Waals surface area contributed by atoms with Crippen LogP contribution in [0.15, 0.2) is 48.5 Å². The lowest BCUT2D eigenvalue weighted by atomic mass is 10.1. The zero-order valence-electron chi connectivity index (χ0n) is 14.9. The lowest BCUT2D eigenvalue weighted by Crippen LogP contribution is -2.33. The van der Waals surface area contributed by atoms with Crippen LogP contribution in [0.1, 0.15) is 23.6 Å². The summed E-state index contributed by atoms with van der Waals surface area (Å²) in [4.78, 5) is 13.7. The van der Waals surface area contributed by atoms with Gasteiger partial charge in [0.15, 0.2) is 0 Å². The zero-order valence-corrected chi connectivity index (χ0v) is 14.9. The van der Waals surface area contributed by atoms with Crippen molar-refractivity contribution in [2.45, 2.75) is 25.8 Å². The summed E-state index contributed by atoms with van der Waals surface area (Å²) in [5, 5.41) is 2.22. The molecule has 0 aliphatic rings. The molecule has 0 atom stereocenters. The first-order valence-corrected chi connectivity index (χ1v) is 8.35. The molecular formula is C19H18F6N2O. The van der Waals surface area contributed by atoms with Crippen LogP contribution in [-0.4, -0.2) is 23.9 Å². The molecule has 0 spiro atoms. The second-order valence-corrected chi connectivity index (χ2v) is 6.09. The Bertz CT molecular complexity index is 817. The van der Waals surface area contributed by atoms with E-state index in [1.165, 1.54) is 29.2 Å². The Morgan fingerprint density at radius 3 is 2.25 bits per heavy atom. The molecule has 2 rings (SSSR count). The summed E-state index contributed by atoms with van der Waals surface area (Å²) >= 11 is 0. The highest BCUT2D eigenvalue weighted by Gasteiger charge is 2.33. The molecule has 152 valence electrons. The second-order valence-electron chi connectivity index (χ2n) is 6.09. The Morgan fingerprint density at radius 1 is 0.964 bits per heavy atom. The predicted molar refractivity (Wildman–Crippen MR) is 92.5 cm³/mol. The summed E-state index contributed by atoms with van der Waals surface area (Å²) in [7, 11) is 0. The van der Waals surface area contributed by atoms with E-state index in [1.54, 1.807) is 6.92 Å². The monoisotopic (exact) mass is 404 g/mol. The average molecular weight is 404 g/mol. The summed E-state index contributed by atoms with van der Waals surface area (Å²) in [6.07, 6.45) is -9.10. The van der Waals surface area contributed by atoms with Gasteiger partial charge in [-0.3, -0.25) is 9.69 Å². The molecule has 0 saturated heterocycles. The van der Waals surface area contributed by atoms with Crippen molar-refractivity contribution < 1.29 is 31.1 Å². The van der Waals surface area contributed by atoms with E-state index in [-0.39, 0.29) is 18.8 Å². The number of nitrogens with one attached hydrogen (secondary N) is 1. The number of amides is 1. The normalized spacial score (nSPS) is 12.3. The molecule has 9 heteroatoms. The van der Waals surface area contributed by atoms with Gasteiger partial charge in [-0.25, -0.2) is 0 Å². The number of hydrogen-bond donors (Lipinski definition) is 1. The first-order valence-electron chi connectivity index (χ1n) is 8.35. The van der Waals surface area contributed by atoms with Crippen LogP contribution in [0.5, 0.6) is 0 Å². The van der Waals surface area contributed by atoms with Crippen molar-refractivity contribution >= 4 is 11.6 Å². The van der Waals surface area contributed by atoms with Gasteiger partial charge in [0.25, 0.3) is 0 Å². The minimum Gasteiger partial charge on any atom is -0.324 e. The highest BCUT2D eigenvalue weighted by atomic mass is 19.4. The molecular weight excluding hydrogens is 386 g/mol. The highest BCUT2D eigenvalue weighted by molar-refractivity contribution is 5.93. The Kier molecular flexibility index (Phi) is 6.71. The first kappa shape index (κ1) is 21.7. The summed E-state index contributed by atoms with van der Waals surface area (Å²) in [5.41, 5.74) is -1.79. The summed E-state index contributed by atoms with van der Waals surface area (Å²) in [6, 6.07) is 9.27. The van der Waals surface area contributed by atoms with Crippen LogP contribution in [0.4, 0.5) is 32.0 Å². The number of halogens is 6. The van der Waals surface area contributed by atoms with E-state index in [1.807, 2.05) is 0 Å². The molecule has 0 fully saturated rings. The van der Waals surface area contributed by atoms with E-state index in [0.29, 0.717) is 12.1 Å². The van der Waals surface area contributed by atoms with Crippen molar-refractivity contribution in [2.24, 2.45) is 0 Å². The quantitative estimate of drug-likeness (QED) is 0.673. The molecule has 0 saturated carbocycles. The van der Waals surface area contributed by atoms with Gasteiger partial charge in [0.2, 0.25) is 5.91 Å². The maximum absolute atomic E-state index is 13.0. The Hall–Kier alpha value is -2.55. The van der Waals surface area contributed by atoms with Crippen LogP contribution in [-0.2, 0) is 23.7 Å². The van der Waals surface area contributed by atoms with Crippen molar-refractivity contribution in [3.05, 3.63) is 65.2 Å². The SMILES string of the molecule is CCN(CC(=O)Nc1ccccc1C(F)(F)F)Cc1cccc(C(F)(F)F)c1. The number of benzene rings is 2. The van der Waals surface area contributed by atoms with E-state index in [4.69, 9.17) is 0 Å². The fourth-order valence-electron chi connectivity index (χ4n) is 2.62. The fraction of sp³-hybridized carbons (Fsp3) is 0.316. The van der Waals surface area contributed by atoms with Gasteiger partial charge < -0.3 is 5.32 Å². The van der Waals surface area contributed by atoms with Crippen LogP contribution in [0.25, 0.3) is 0 Å². The molecule has 0 aromatic heterocycles. The molecule has 0 heterocycles. The highest BCUT2D eigenvalue weighted by Crippen LogP contribution is 2.34.